The van der Waals surface area contributed by atoms with Crippen LogP contribution < -0.4 is 14.9 Å². The van der Waals surface area contributed by atoms with Crippen LogP contribution in [0.15, 0.2) is 58.4 Å². The zero-order chi connectivity index (χ0) is 22.2. The van der Waals surface area contributed by atoms with Gasteiger partial charge < -0.3 is 10.1 Å². The molecule has 0 saturated carbocycles. The summed E-state index contributed by atoms with van der Waals surface area (Å²) in [5.74, 6) is -0.424. The lowest BCUT2D eigenvalue weighted by atomic mass is 10.0. The maximum absolute atomic E-state index is 13.0. The summed E-state index contributed by atoms with van der Waals surface area (Å²) in [5.41, 5.74) is 1.56. The van der Waals surface area contributed by atoms with E-state index in [4.69, 9.17) is 4.74 Å². The van der Waals surface area contributed by atoms with Gasteiger partial charge in [-0.1, -0.05) is 32.0 Å². The third kappa shape index (κ3) is 4.11. The van der Waals surface area contributed by atoms with Crippen LogP contribution in [0.3, 0.4) is 0 Å². The molecule has 31 heavy (non-hydrogen) atoms. The van der Waals surface area contributed by atoms with Crippen molar-refractivity contribution in [1.29, 1.82) is 0 Å². The Kier molecular flexibility index (Phi) is 5.40. The van der Waals surface area contributed by atoms with Gasteiger partial charge in [-0.25, -0.2) is 13.2 Å². The Balaban J connectivity index is 1.58. The average Bonchev–Trinajstić information content (AvgIpc) is 3.27. The number of carbonyl (C=O) groups is 2. The van der Waals surface area contributed by atoms with Crippen LogP contribution in [-0.4, -0.2) is 45.4 Å². The number of hydrogen-bond donors (Lipinski definition) is 2. The SMILES string of the molecule is CC(C)[C@H](N=C1NS(=O)(=O)c2ccccc21)C(=O)Nc1cccc(N2CCOC2=O)c1. The smallest absolute Gasteiger partial charge is 0.414 e. The number of rotatable bonds is 5. The normalized spacial score (nSPS) is 19.1. The quantitative estimate of drug-likeness (QED) is 0.737. The first-order chi connectivity index (χ1) is 14.8. The Morgan fingerprint density at radius 1 is 1.19 bits per heavy atom. The Morgan fingerprint density at radius 3 is 2.68 bits per heavy atom. The molecule has 0 radical (unpaired) electrons. The van der Waals surface area contributed by atoms with Gasteiger partial charge in [0, 0.05) is 16.9 Å². The summed E-state index contributed by atoms with van der Waals surface area (Å²) >= 11 is 0. The van der Waals surface area contributed by atoms with E-state index >= 15 is 0 Å². The third-order valence-corrected chi connectivity index (χ3v) is 6.41. The monoisotopic (exact) mass is 442 g/mol. The Labute approximate surface area is 180 Å². The van der Waals surface area contributed by atoms with E-state index in [1.165, 1.54) is 11.0 Å². The highest BCUT2D eigenvalue weighted by molar-refractivity contribution is 7.90. The molecular formula is C21H22N4O5S. The fourth-order valence-electron chi connectivity index (χ4n) is 3.47. The van der Waals surface area contributed by atoms with Crippen LogP contribution in [-0.2, 0) is 19.6 Å². The molecule has 0 bridgehead atoms. The lowest BCUT2D eigenvalue weighted by Gasteiger charge is -2.18. The first kappa shape index (κ1) is 20.9. The van der Waals surface area contributed by atoms with E-state index in [1.54, 1.807) is 42.5 Å². The van der Waals surface area contributed by atoms with Crippen LogP contribution in [0.25, 0.3) is 0 Å². The van der Waals surface area contributed by atoms with Crippen LogP contribution >= 0.6 is 0 Å². The van der Waals surface area contributed by atoms with Gasteiger partial charge >= 0.3 is 6.09 Å². The third-order valence-electron chi connectivity index (χ3n) is 5.02. The van der Waals surface area contributed by atoms with Gasteiger partial charge in [0.05, 0.1) is 11.4 Å². The summed E-state index contributed by atoms with van der Waals surface area (Å²) in [7, 11) is -3.69. The molecule has 162 valence electrons. The first-order valence-corrected chi connectivity index (χ1v) is 11.3. The number of anilines is 2. The largest absolute Gasteiger partial charge is 0.447 e. The number of nitrogens with one attached hydrogen (secondary N) is 2. The fraction of sp³-hybridized carbons (Fsp3) is 0.286. The Bertz CT molecular complexity index is 1180. The summed E-state index contributed by atoms with van der Waals surface area (Å²) < 4.78 is 32.1. The van der Waals surface area contributed by atoms with Crippen molar-refractivity contribution in [3.8, 4) is 0 Å². The van der Waals surface area contributed by atoms with E-state index in [1.807, 2.05) is 13.8 Å². The second kappa shape index (κ2) is 8.03. The summed E-state index contributed by atoms with van der Waals surface area (Å²) in [6.07, 6.45) is -0.429. The van der Waals surface area contributed by atoms with Crippen molar-refractivity contribution < 1.29 is 22.7 Å². The van der Waals surface area contributed by atoms with Gasteiger partial charge in [-0.15, -0.1) is 0 Å². The molecular weight excluding hydrogens is 420 g/mol. The number of sulfonamides is 1. The van der Waals surface area contributed by atoms with Crippen LogP contribution in [0.1, 0.15) is 19.4 Å². The van der Waals surface area contributed by atoms with Crippen LogP contribution in [0.2, 0.25) is 0 Å². The summed E-state index contributed by atoms with van der Waals surface area (Å²) in [6.45, 7) is 4.43. The molecule has 1 saturated heterocycles. The molecule has 9 nitrogen and oxygen atoms in total. The highest BCUT2D eigenvalue weighted by Gasteiger charge is 2.32. The van der Waals surface area contributed by atoms with Crippen LogP contribution in [0.4, 0.5) is 16.2 Å². The number of ether oxygens (including phenoxy) is 1. The molecule has 2 aromatic rings. The second-order valence-electron chi connectivity index (χ2n) is 7.57. The number of benzene rings is 2. The van der Waals surface area contributed by atoms with Crippen LogP contribution in [0, 0.1) is 5.92 Å². The molecule has 0 aromatic heterocycles. The number of amidine groups is 1. The van der Waals surface area contributed by atoms with Gasteiger partial charge in [-0.05, 0) is 36.2 Å². The molecule has 1 atom stereocenters. The van der Waals surface area contributed by atoms with E-state index in [0.717, 1.165) is 0 Å². The van der Waals surface area contributed by atoms with Crippen molar-refractivity contribution in [2.45, 2.75) is 24.8 Å². The number of cyclic esters (lactones) is 1. The maximum atomic E-state index is 13.0. The van der Waals surface area contributed by atoms with E-state index in [2.05, 4.69) is 15.0 Å². The van der Waals surface area contributed by atoms with E-state index in [9.17, 15) is 18.0 Å². The molecule has 2 amide bonds. The Morgan fingerprint density at radius 2 is 1.97 bits per heavy atom. The van der Waals surface area contributed by atoms with Gasteiger partial charge in [-0.3, -0.25) is 19.4 Å². The van der Waals surface area contributed by atoms with Gasteiger partial charge in [0.25, 0.3) is 10.0 Å². The zero-order valence-corrected chi connectivity index (χ0v) is 17.8. The molecule has 0 spiro atoms. The van der Waals surface area contributed by atoms with Crippen molar-refractivity contribution in [3.05, 3.63) is 54.1 Å². The fourth-order valence-corrected chi connectivity index (χ4v) is 4.71. The topological polar surface area (TPSA) is 117 Å². The van der Waals surface area contributed by atoms with Crippen LogP contribution in [0.5, 0.6) is 0 Å². The molecule has 10 heteroatoms. The number of fused-ring (bicyclic) bond motifs is 1. The number of nitrogens with zero attached hydrogens (tertiary/aromatic N) is 2. The van der Waals surface area contributed by atoms with Gasteiger partial charge in [-0.2, -0.15) is 0 Å². The van der Waals surface area contributed by atoms with Gasteiger partial charge in [0.2, 0.25) is 5.91 Å². The summed E-state index contributed by atoms with van der Waals surface area (Å²) in [6, 6.07) is 12.6. The minimum Gasteiger partial charge on any atom is -0.447 e. The molecule has 2 aliphatic heterocycles. The summed E-state index contributed by atoms with van der Waals surface area (Å²) in [5, 5.41) is 2.82. The predicted octanol–water partition coefficient (Wildman–Crippen LogP) is 2.35. The van der Waals surface area contributed by atoms with E-state index in [-0.39, 0.29) is 22.6 Å². The number of amides is 2. The molecule has 0 unspecified atom stereocenters. The maximum Gasteiger partial charge on any atom is 0.414 e. The van der Waals surface area contributed by atoms with Gasteiger partial charge in [0.1, 0.15) is 18.5 Å². The highest BCUT2D eigenvalue weighted by Crippen LogP contribution is 2.25. The number of aliphatic imine (C=N–C) groups is 1. The minimum absolute atomic E-state index is 0.141. The number of hydrogen-bond acceptors (Lipinski definition) is 6. The standard InChI is InChI=1S/C21H22N4O5S/c1-13(2)18(23-19-16-8-3-4-9-17(16)31(28,29)24-19)20(26)22-14-6-5-7-15(12-14)25-10-11-30-21(25)27/h3-9,12-13,18H,10-11H2,1-2H3,(H,22,26)(H,23,24)/t18-/m0/s1. The zero-order valence-electron chi connectivity index (χ0n) is 17.0. The molecule has 2 heterocycles. The predicted molar refractivity (Wildman–Crippen MR) is 116 cm³/mol. The molecule has 2 aliphatic rings. The minimum atomic E-state index is -3.69. The molecule has 1 fully saturated rings. The molecule has 0 aliphatic carbocycles. The van der Waals surface area contributed by atoms with E-state index in [0.29, 0.717) is 30.1 Å². The number of carbonyl (C=O) groups excluding carboxylic acids is 2. The van der Waals surface area contributed by atoms with Gasteiger partial charge in [0.15, 0.2) is 0 Å². The average molecular weight is 442 g/mol. The van der Waals surface area contributed by atoms with Crippen molar-refractivity contribution in [2.75, 3.05) is 23.4 Å². The molecule has 2 aromatic carbocycles. The van der Waals surface area contributed by atoms with Crippen molar-refractivity contribution in [2.24, 2.45) is 10.9 Å². The van der Waals surface area contributed by atoms with Crippen molar-refractivity contribution in [3.63, 3.8) is 0 Å². The lowest BCUT2D eigenvalue weighted by Crippen LogP contribution is -2.34. The Hall–Kier alpha value is -3.40. The summed E-state index contributed by atoms with van der Waals surface area (Å²) in [4.78, 5) is 30.9. The lowest BCUT2D eigenvalue weighted by molar-refractivity contribution is -0.118. The van der Waals surface area contributed by atoms with Crippen molar-refractivity contribution in [1.82, 2.24) is 4.72 Å². The highest BCUT2D eigenvalue weighted by atomic mass is 32.2. The molecule has 2 N–H and O–H groups in total. The van der Waals surface area contributed by atoms with E-state index < -0.39 is 22.2 Å². The van der Waals surface area contributed by atoms with Crippen molar-refractivity contribution >= 4 is 39.2 Å². The molecule has 4 rings (SSSR count). The second-order valence-corrected chi connectivity index (χ2v) is 9.22. The first-order valence-electron chi connectivity index (χ1n) is 9.81.